The molecular weight excluding hydrogens is 440 g/mol. The average molecular weight is 477 g/mol. The number of urea groups is 1. The van der Waals surface area contributed by atoms with Crippen LogP contribution in [0.25, 0.3) is 5.69 Å². The maximum atomic E-state index is 13.0. The minimum atomic E-state index is -0.00173. The SMILES string of the molecule is CCOc1cc(N2CCCN(C(=O)NCc3c(C)cc(C)cc3C)CC2)ccc1-n1cnc(C)n1. The third-order valence-corrected chi connectivity index (χ3v) is 6.50. The molecule has 1 aromatic heterocycles. The molecule has 1 aliphatic rings. The van der Waals surface area contributed by atoms with Gasteiger partial charge in [0.25, 0.3) is 0 Å². The van der Waals surface area contributed by atoms with Crippen molar-refractivity contribution in [2.75, 3.05) is 37.7 Å². The van der Waals surface area contributed by atoms with Gasteiger partial charge in [-0.15, -0.1) is 0 Å². The first-order valence-electron chi connectivity index (χ1n) is 12.4. The number of anilines is 1. The first-order valence-corrected chi connectivity index (χ1v) is 12.4. The minimum absolute atomic E-state index is 0.00173. The molecule has 0 saturated carbocycles. The van der Waals surface area contributed by atoms with Crippen LogP contribution in [0.2, 0.25) is 0 Å². The summed E-state index contributed by atoms with van der Waals surface area (Å²) < 4.78 is 7.68. The molecule has 1 fully saturated rings. The maximum Gasteiger partial charge on any atom is 0.317 e. The zero-order chi connectivity index (χ0) is 24.9. The molecule has 186 valence electrons. The summed E-state index contributed by atoms with van der Waals surface area (Å²) in [4.78, 5) is 21.4. The Hall–Kier alpha value is -3.55. The Labute approximate surface area is 207 Å². The van der Waals surface area contributed by atoms with Crippen molar-refractivity contribution in [3.63, 3.8) is 0 Å². The van der Waals surface area contributed by atoms with Gasteiger partial charge in [0.05, 0.1) is 6.61 Å². The van der Waals surface area contributed by atoms with E-state index in [0.717, 1.165) is 49.0 Å². The Morgan fingerprint density at radius 2 is 1.80 bits per heavy atom. The number of aromatic nitrogens is 3. The number of aryl methyl sites for hydroxylation is 4. The summed E-state index contributed by atoms with van der Waals surface area (Å²) in [6.45, 7) is 14.3. The van der Waals surface area contributed by atoms with Crippen molar-refractivity contribution >= 4 is 11.7 Å². The Kier molecular flexibility index (Phi) is 7.58. The Balaban J connectivity index is 1.41. The number of ether oxygens (including phenoxy) is 1. The molecule has 0 bridgehead atoms. The highest BCUT2D eigenvalue weighted by atomic mass is 16.5. The minimum Gasteiger partial charge on any atom is -0.492 e. The molecule has 0 aliphatic carbocycles. The highest BCUT2D eigenvalue weighted by Crippen LogP contribution is 2.29. The average Bonchev–Trinajstić information content (AvgIpc) is 3.09. The van der Waals surface area contributed by atoms with Crippen molar-refractivity contribution in [2.24, 2.45) is 0 Å². The summed E-state index contributed by atoms with van der Waals surface area (Å²) >= 11 is 0. The van der Waals surface area contributed by atoms with E-state index in [1.54, 1.807) is 11.0 Å². The Morgan fingerprint density at radius 3 is 2.49 bits per heavy atom. The van der Waals surface area contributed by atoms with Crippen LogP contribution in [0.1, 0.15) is 41.4 Å². The summed E-state index contributed by atoms with van der Waals surface area (Å²) in [5.74, 6) is 1.49. The molecule has 3 aromatic rings. The molecule has 2 aromatic carbocycles. The summed E-state index contributed by atoms with van der Waals surface area (Å²) in [5, 5.41) is 7.56. The Bertz CT molecular complexity index is 1170. The molecule has 1 aliphatic heterocycles. The number of hydrogen-bond acceptors (Lipinski definition) is 5. The predicted molar refractivity (Wildman–Crippen MR) is 139 cm³/mol. The van der Waals surface area contributed by atoms with Crippen molar-refractivity contribution in [1.82, 2.24) is 25.0 Å². The number of benzene rings is 2. The van der Waals surface area contributed by atoms with Crippen molar-refractivity contribution in [3.05, 3.63) is 64.7 Å². The van der Waals surface area contributed by atoms with Crippen LogP contribution in [0.3, 0.4) is 0 Å². The van der Waals surface area contributed by atoms with Crippen LogP contribution in [0.4, 0.5) is 10.5 Å². The fourth-order valence-corrected chi connectivity index (χ4v) is 4.77. The van der Waals surface area contributed by atoms with Gasteiger partial charge in [-0.1, -0.05) is 17.7 Å². The summed E-state index contributed by atoms with van der Waals surface area (Å²) in [6.07, 6.45) is 2.61. The van der Waals surface area contributed by atoms with Gasteiger partial charge in [0.15, 0.2) is 0 Å². The van der Waals surface area contributed by atoms with Crippen LogP contribution in [-0.2, 0) is 6.54 Å². The summed E-state index contributed by atoms with van der Waals surface area (Å²) in [6, 6.07) is 10.5. The lowest BCUT2D eigenvalue weighted by Crippen LogP contribution is -2.42. The lowest BCUT2D eigenvalue weighted by atomic mass is 10.00. The van der Waals surface area contributed by atoms with Gasteiger partial charge in [0, 0.05) is 44.5 Å². The predicted octanol–water partition coefficient (Wildman–Crippen LogP) is 4.32. The van der Waals surface area contributed by atoms with Crippen molar-refractivity contribution < 1.29 is 9.53 Å². The van der Waals surface area contributed by atoms with Crippen LogP contribution >= 0.6 is 0 Å². The largest absolute Gasteiger partial charge is 0.492 e. The van der Waals surface area contributed by atoms with E-state index in [4.69, 9.17) is 4.74 Å². The van der Waals surface area contributed by atoms with Gasteiger partial charge < -0.3 is 19.9 Å². The number of nitrogens with one attached hydrogen (secondary N) is 1. The van der Waals surface area contributed by atoms with E-state index in [1.807, 2.05) is 24.8 Å². The fraction of sp³-hybridized carbons (Fsp3) is 0.444. The van der Waals surface area contributed by atoms with Crippen LogP contribution in [0, 0.1) is 27.7 Å². The van der Waals surface area contributed by atoms with Crippen LogP contribution in [0.5, 0.6) is 5.75 Å². The summed E-state index contributed by atoms with van der Waals surface area (Å²) in [5.41, 5.74) is 6.85. The van der Waals surface area contributed by atoms with E-state index in [9.17, 15) is 4.79 Å². The maximum absolute atomic E-state index is 13.0. The van der Waals surface area contributed by atoms with Crippen LogP contribution < -0.4 is 15.0 Å². The van der Waals surface area contributed by atoms with Crippen LogP contribution in [0.15, 0.2) is 36.7 Å². The van der Waals surface area contributed by atoms with Gasteiger partial charge >= 0.3 is 6.03 Å². The number of carbonyl (C=O) groups is 1. The highest BCUT2D eigenvalue weighted by Gasteiger charge is 2.21. The summed E-state index contributed by atoms with van der Waals surface area (Å²) in [7, 11) is 0. The van der Waals surface area contributed by atoms with Gasteiger partial charge in [0.2, 0.25) is 0 Å². The molecular formula is C27H36N6O2. The number of rotatable bonds is 6. The third kappa shape index (κ3) is 5.75. The first-order chi connectivity index (χ1) is 16.9. The van der Waals surface area contributed by atoms with Gasteiger partial charge in [-0.25, -0.2) is 14.5 Å². The second-order valence-corrected chi connectivity index (χ2v) is 9.19. The number of carbonyl (C=O) groups excluding carboxylic acids is 1. The zero-order valence-corrected chi connectivity index (χ0v) is 21.5. The number of nitrogens with zero attached hydrogens (tertiary/aromatic N) is 5. The Morgan fingerprint density at radius 1 is 1.03 bits per heavy atom. The van der Waals surface area contributed by atoms with E-state index in [-0.39, 0.29) is 6.03 Å². The third-order valence-electron chi connectivity index (χ3n) is 6.50. The van der Waals surface area contributed by atoms with Crippen molar-refractivity contribution in [1.29, 1.82) is 0 Å². The molecule has 35 heavy (non-hydrogen) atoms. The molecule has 8 nitrogen and oxygen atoms in total. The van der Waals surface area contributed by atoms with Crippen molar-refractivity contribution in [3.8, 4) is 11.4 Å². The molecule has 0 unspecified atom stereocenters. The molecule has 8 heteroatoms. The normalized spacial score (nSPS) is 14.1. The highest BCUT2D eigenvalue weighted by molar-refractivity contribution is 5.74. The fourth-order valence-electron chi connectivity index (χ4n) is 4.77. The van der Waals surface area contributed by atoms with Gasteiger partial charge in [-0.2, -0.15) is 5.10 Å². The monoisotopic (exact) mass is 476 g/mol. The molecule has 0 spiro atoms. The zero-order valence-electron chi connectivity index (χ0n) is 21.5. The van der Waals surface area contributed by atoms with Crippen molar-refractivity contribution in [2.45, 2.75) is 47.6 Å². The van der Waals surface area contributed by atoms with E-state index < -0.39 is 0 Å². The molecule has 4 rings (SSSR count). The topological polar surface area (TPSA) is 75.5 Å². The van der Waals surface area contributed by atoms with Gasteiger partial charge in [0.1, 0.15) is 23.6 Å². The number of amides is 2. The molecule has 2 amide bonds. The van der Waals surface area contributed by atoms with E-state index in [0.29, 0.717) is 19.7 Å². The van der Waals surface area contributed by atoms with Crippen LogP contribution in [-0.4, -0.2) is 58.5 Å². The lowest BCUT2D eigenvalue weighted by Gasteiger charge is -2.25. The van der Waals surface area contributed by atoms with E-state index >= 15 is 0 Å². The first kappa shape index (κ1) is 24.6. The van der Waals surface area contributed by atoms with Gasteiger partial charge in [-0.3, -0.25) is 0 Å². The van der Waals surface area contributed by atoms with E-state index in [2.05, 4.69) is 65.3 Å². The molecule has 1 N–H and O–H groups in total. The smallest absolute Gasteiger partial charge is 0.317 e. The molecule has 0 atom stereocenters. The molecule has 0 radical (unpaired) electrons. The quantitative estimate of drug-likeness (QED) is 0.573. The molecule has 1 saturated heterocycles. The second-order valence-electron chi connectivity index (χ2n) is 9.19. The molecule has 2 heterocycles. The van der Waals surface area contributed by atoms with E-state index in [1.165, 1.54) is 22.3 Å². The standard InChI is InChI=1S/C27H36N6O2/c1-6-35-26-16-23(8-9-25(26)33-18-29-22(5)30-33)31-10-7-11-32(13-12-31)27(34)28-17-24-20(3)14-19(2)15-21(24)4/h8-9,14-16,18H,6-7,10-13,17H2,1-5H3,(H,28,34). The number of hydrogen-bond donors (Lipinski definition) is 1. The van der Waals surface area contributed by atoms with Gasteiger partial charge in [-0.05, 0) is 69.9 Å². The second kappa shape index (κ2) is 10.8. The lowest BCUT2D eigenvalue weighted by molar-refractivity contribution is 0.201.